The van der Waals surface area contributed by atoms with E-state index in [1.807, 2.05) is 18.2 Å². The van der Waals surface area contributed by atoms with Gasteiger partial charge in [-0.05, 0) is 32.0 Å². The monoisotopic (exact) mass is 384 g/mol. The minimum absolute atomic E-state index is 0.0546. The quantitative estimate of drug-likeness (QED) is 0.823. The van der Waals surface area contributed by atoms with Gasteiger partial charge in [0.25, 0.3) is 0 Å². The first-order valence-corrected chi connectivity index (χ1v) is 10.1. The van der Waals surface area contributed by atoms with Gasteiger partial charge in [-0.3, -0.25) is 4.79 Å². The van der Waals surface area contributed by atoms with Crippen molar-refractivity contribution >= 4 is 28.3 Å². The molecule has 3 heterocycles. The molecular weight excluding hydrogens is 360 g/mol. The first-order valence-electron chi connectivity index (χ1n) is 9.30. The number of para-hydroxylation sites is 1. The third-order valence-electron chi connectivity index (χ3n) is 5.26. The Morgan fingerprint density at radius 1 is 1.30 bits per heavy atom. The number of carbonyl (C=O) groups is 1. The lowest BCUT2D eigenvalue weighted by atomic mass is 9.91. The molecule has 1 aromatic heterocycles. The predicted octanol–water partition coefficient (Wildman–Crippen LogP) is 3.12. The molecule has 0 unspecified atom stereocenters. The number of rotatable bonds is 4. The van der Waals surface area contributed by atoms with Crippen molar-refractivity contribution in [1.82, 2.24) is 4.90 Å². The molecule has 1 aromatic carbocycles. The molecule has 2 aliphatic rings. The van der Waals surface area contributed by atoms with E-state index in [9.17, 15) is 9.90 Å². The molecule has 0 atom stereocenters. The maximum atomic E-state index is 11.5. The largest absolute Gasteiger partial charge is 0.488 e. The summed E-state index contributed by atoms with van der Waals surface area (Å²) >= 11 is 1.62. The van der Waals surface area contributed by atoms with Gasteiger partial charge in [0, 0.05) is 41.2 Å². The van der Waals surface area contributed by atoms with E-state index in [1.165, 1.54) is 16.0 Å². The fraction of sp³-hybridized carbons (Fsp3) is 0.381. The molecule has 0 saturated carbocycles. The van der Waals surface area contributed by atoms with Gasteiger partial charge in [-0.25, -0.2) is 0 Å². The van der Waals surface area contributed by atoms with Crippen LogP contribution in [-0.4, -0.2) is 49.7 Å². The number of benzene rings is 1. The number of hydrogen-bond acceptors (Lipinski definition) is 5. The van der Waals surface area contributed by atoms with Crippen LogP contribution in [0.25, 0.3) is 5.57 Å². The predicted molar refractivity (Wildman–Crippen MR) is 108 cm³/mol. The Labute approximate surface area is 163 Å². The van der Waals surface area contributed by atoms with Crippen molar-refractivity contribution in [2.45, 2.75) is 19.4 Å². The van der Waals surface area contributed by atoms with E-state index in [4.69, 9.17) is 4.74 Å². The summed E-state index contributed by atoms with van der Waals surface area (Å²) in [5.74, 6) is 0.923. The first-order chi connectivity index (χ1) is 13.2. The van der Waals surface area contributed by atoms with Gasteiger partial charge in [0.05, 0.1) is 11.6 Å². The van der Waals surface area contributed by atoms with Crippen molar-refractivity contribution in [2.75, 3.05) is 38.2 Å². The zero-order valence-electron chi connectivity index (χ0n) is 15.5. The molecule has 1 saturated heterocycles. The summed E-state index contributed by atoms with van der Waals surface area (Å²) in [7, 11) is 2.16. The highest BCUT2D eigenvalue weighted by atomic mass is 32.1. The van der Waals surface area contributed by atoms with Gasteiger partial charge in [-0.1, -0.05) is 23.8 Å². The third-order valence-corrected chi connectivity index (χ3v) is 6.49. The molecule has 142 valence electrons. The highest BCUT2D eigenvalue weighted by molar-refractivity contribution is 7.17. The van der Waals surface area contributed by atoms with Crippen LogP contribution in [-0.2, 0) is 11.4 Å². The van der Waals surface area contributed by atoms with E-state index in [-0.39, 0.29) is 6.61 Å². The van der Waals surface area contributed by atoms with Crippen LogP contribution in [0.2, 0.25) is 0 Å². The van der Waals surface area contributed by atoms with Gasteiger partial charge in [0.2, 0.25) is 6.41 Å². The standard InChI is InChI=1S/C21H24N2O3S/c1-22-8-6-15(7-9-22)20-17-4-2-3-5-18(17)26-13-16-12-19(27-21(16)20)23(14-25)10-11-24/h2-5,12,14,24H,6-11,13H2,1H3. The van der Waals surface area contributed by atoms with E-state index in [0.29, 0.717) is 13.2 Å². The molecule has 2 aliphatic heterocycles. The fourth-order valence-electron chi connectivity index (χ4n) is 3.76. The number of piperidine rings is 1. The number of carbonyl (C=O) groups excluding carboxylic acids is 1. The molecule has 4 rings (SSSR count). The molecule has 5 nitrogen and oxygen atoms in total. The summed E-state index contributed by atoms with van der Waals surface area (Å²) < 4.78 is 6.11. The SMILES string of the molecule is CN1CCC(=C2c3ccccc3OCc3cc(N(C=O)CCO)sc32)CC1. The normalized spacial score (nSPS) is 17.0. The van der Waals surface area contributed by atoms with E-state index in [0.717, 1.165) is 54.2 Å². The second-order valence-electron chi connectivity index (χ2n) is 7.03. The third kappa shape index (κ3) is 3.52. The van der Waals surface area contributed by atoms with Gasteiger partial charge in [0.15, 0.2) is 0 Å². The number of aliphatic hydroxyl groups is 1. The van der Waals surface area contributed by atoms with Crippen molar-refractivity contribution in [3.05, 3.63) is 51.9 Å². The van der Waals surface area contributed by atoms with Crippen molar-refractivity contribution < 1.29 is 14.6 Å². The summed E-state index contributed by atoms with van der Waals surface area (Å²) in [5, 5.41) is 10.1. The summed E-state index contributed by atoms with van der Waals surface area (Å²) in [4.78, 5) is 16.6. The van der Waals surface area contributed by atoms with Crippen molar-refractivity contribution in [3.8, 4) is 5.75 Å². The number of fused-ring (bicyclic) bond motifs is 2. The molecule has 0 radical (unpaired) electrons. The zero-order chi connectivity index (χ0) is 18.8. The van der Waals surface area contributed by atoms with Gasteiger partial charge in [0.1, 0.15) is 12.4 Å². The molecule has 1 N–H and O–H groups in total. The van der Waals surface area contributed by atoms with E-state index < -0.39 is 0 Å². The lowest BCUT2D eigenvalue weighted by molar-refractivity contribution is -0.107. The number of aliphatic hydroxyl groups excluding tert-OH is 1. The maximum absolute atomic E-state index is 11.5. The molecule has 27 heavy (non-hydrogen) atoms. The smallest absolute Gasteiger partial charge is 0.214 e. The Kier molecular flexibility index (Phi) is 5.29. The Morgan fingerprint density at radius 3 is 2.81 bits per heavy atom. The summed E-state index contributed by atoms with van der Waals surface area (Å²) in [5.41, 5.74) is 4.99. The molecule has 0 spiro atoms. The number of amides is 1. The van der Waals surface area contributed by atoms with Gasteiger partial charge in [-0.15, -0.1) is 11.3 Å². The molecule has 0 bridgehead atoms. The minimum atomic E-state index is -0.0546. The Morgan fingerprint density at radius 2 is 2.07 bits per heavy atom. The van der Waals surface area contributed by atoms with Gasteiger partial charge in [-0.2, -0.15) is 0 Å². The number of anilines is 1. The number of hydrogen-bond donors (Lipinski definition) is 1. The molecule has 2 aromatic rings. The number of ether oxygens (including phenoxy) is 1. The molecule has 6 heteroatoms. The number of nitrogens with zero attached hydrogens (tertiary/aromatic N) is 2. The highest BCUT2D eigenvalue weighted by Crippen LogP contribution is 2.45. The average molecular weight is 385 g/mol. The maximum Gasteiger partial charge on any atom is 0.214 e. The molecular formula is C21H24N2O3S. The summed E-state index contributed by atoms with van der Waals surface area (Å²) in [6.07, 6.45) is 2.88. The van der Waals surface area contributed by atoms with Crippen LogP contribution < -0.4 is 9.64 Å². The Bertz CT molecular complexity index is 864. The van der Waals surface area contributed by atoms with E-state index in [1.54, 1.807) is 16.2 Å². The van der Waals surface area contributed by atoms with Gasteiger partial charge < -0.3 is 19.6 Å². The van der Waals surface area contributed by atoms with Crippen LogP contribution in [0.5, 0.6) is 5.75 Å². The van der Waals surface area contributed by atoms with Crippen molar-refractivity contribution in [2.24, 2.45) is 0 Å². The van der Waals surface area contributed by atoms with Crippen molar-refractivity contribution in [1.29, 1.82) is 0 Å². The fourth-order valence-corrected chi connectivity index (χ4v) is 5.03. The Hall–Kier alpha value is -2.15. The second-order valence-corrected chi connectivity index (χ2v) is 8.06. The summed E-state index contributed by atoms with van der Waals surface area (Å²) in [6.45, 7) is 2.85. The average Bonchev–Trinajstić information content (AvgIpc) is 3.04. The van der Waals surface area contributed by atoms with Gasteiger partial charge >= 0.3 is 0 Å². The van der Waals surface area contributed by atoms with Crippen LogP contribution in [0.4, 0.5) is 5.00 Å². The molecule has 0 aliphatic carbocycles. The lowest BCUT2D eigenvalue weighted by Crippen LogP contribution is -2.26. The Balaban J connectivity index is 1.85. The van der Waals surface area contributed by atoms with Crippen LogP contribution in [0.1, 0.15) is 28.8 Å². The minimum Gasteiger partial charge on any atom is -0.488 e. The molecule has 1 fully saturated rings. The van der Waals surface area contributed by atoms with Crippen LogP contribution in [0.15, 0.2) is 35.9 Å². The second kappa shape index (κ2) is 7.84. The zero-order valence-corrected chi connectivity index (χ0v) is 16.3. The highest BCUT2D eigenvalue weighted by Gasteiger charge is 2.27. The molecule has 1 amide bonds. The van der Waals surface area contributed by atoms with Crippen LogP contribution in [0.3, 0.4) is 0 Å². The summed E-state index contributed by atoms with van der Waals surface area (Å²) in [6, 6.07) is 10.3. The van der Waals surface area contributed by atoms with Crippen molar-refractivity contribution in [3.63, 3.8) is 0 Å². The topological polar surface area (TPSA) is 53.0 Å². The van der Waals surface area contributed by atoms with Crippen LogP contribution in [0, 0.1) is 0 Å². The van der Waals surface area contributed by atoms with E-state index >= 15 is 0 Å². The number of likely N-dealkylation sites (tertiary alicyclic amines) is 1. The first kappa shape index (κ1) is 18.2. The van der Waals surface area contributed by atoms with Crippen LogP contribution >= 0.6 is 11.3 Å². The number of thiophene rings is 1. The lowest BCUT2D eigenvalue weighted by Gasteiger charge is -2.26. The van der Waals surface area contributed by atoms with E-state index in [2.05, 4.69) is 24.1 Å².